The lowest BCUT2D eigenvalue weighted by Crippen LogP contribution is -2.36. The third-order valence-electron chi connectivity index (χ3n) is 6.78. The molecule has 3 aromatic carbocycles. The first-order valence-electron chi connectivity index (χ1n) is 12.7. The van der Waals surface area contributed by atoms with Crippen LogP contribution in [0.15, 0.2) is 85.1 Å². The maximum absolute atomic E-state index is 12.4. The second-order valence-electron chi connectivity index (χ2n) is 9.58. The highest BCUT2D eigenvalue weighted by Crippen LogP contribution is 2.29. The summed E-state index contributed by atoms with van der Waals surface area (Å²) in [6, 6.07) is 25.9. The molecule has 1 saturated heterocycles. The molecule has 37 heavy (non-hydrogen) atoms. The predicted molar refractivity (Wildman–Crippen MR) is 151 cm³/mol. The van der Waals surface area contributed by atoms with Crippen molar-refractivity contribution in [1.29, 1.82) is 0 Å². The quantitative estimate of drug-likeness (QED) is 0.252. The number of hydrogen-bond acceptors (Lipinski definition) is 5. The first-order chi connectivity index (χ1) is 17.9. The molecule has 0 aliphatic carbocycles. The molecule has 0 saturated carbocycles. The van der Waals surface area contributed by atoms with Crippen molar-refractivity contribution >= 4 is 40.0 Å². The van der Waals surface area contributed by atoms with Crippen molar-refractivity contribution in [3.8, 4) is 0 Å². The monoisotopic (exact) mass is 495 g/mol. The number of aliphatic hydroxyl groups is 1. The zero-order chi connectivity index (χ0) is 25.8. The zero-order valence-corrected chi connectivity index (χ0v) is 21.2. The van der Waals surface area contributed by atoms with Crippen LogP contribution < -0.4 is 20.9 Å². The van der Waals surface area contributed by atoms with Gasteiger partial charge in [-0.3, -0.25) is 4.79 Å². The molecule has 7 nitrogen and oxygen atoms in total. The Hall–Kier alpha value is -4.23. The molecule has 0 radical (unpaired) electrons. The van der Waals surface area contributed by atoms with E-state index in [4.69, 9.17) is 0 Å². The van der Waals surface area contributed by atoms with Crippen LogP contribution in [0, 0.1) is 6.92 Å². The molecule has 5 rings (SSSR count). The van der Waals surface area contributed by atoms with Gasteiger partial charge in [-0.2, -0.15) is 0 Å². The van der Waals surface area contributed by atoms with E-state index in [0.29, 0.717) is 5.69 Å². The summed E-state index contributed by atoms with van der Waals surface area (Å²) in [7, 11) is 1.85. The minimum absolute atomic E-state index is 0.132. The highest BCUT2D eigenvalue weighted by atomic mass is 16.3. The van der Waals surface area contributed by atoms with E-state index in [9.17, 15) is 9.90 Å². The van der Waals surface area contributed by atoms with Crippen molar-refractivity contribution in [2.24, 2.45) is 7.05 Å². The second kappa shape index (κ2) is 10.8. The predicted octanol–water partition coefficient (Wildman–Crippen LogP) is 6.03. The Morgan fingerprint density at radius 3 is 1.89 bits per heavy atom. The highest BCUT2D eigenvalue weighted by molar-refractivity contribution is 6.03. The molecule has 190 valence electrons. The third-order valence-corrected chi connectivity index (χ3v) is 6.78. The lowest BCUT2D eigenvalue weighted by molar-refractivity contribution is 0.101. The smallest absolute Gasteiger partial charge is 0.272 e. The van der Waals surface area contributed by atoms with Gasteiger partial charge in [-0.05, 0) is 104 Å². The number of nitrogens with zero attached hydrogens (tertiary/aromatic N) is 2. The van der Waals surface area contributed by atoms with Gasteiger partial charge in [0.05, 0.1) is 6.10 Å². The Bertz CT molecular complexity index is 1350. The molecule has 0 bridgehead atoms. The van der Waals surface area contributed by atoms with E-state index in [2.05, 4.69) is 46.0 Å². The molecular formula is C30H33N5O2. The minimum Gasteiger partial charge on any atom is -0.393 e. The third kappa shape index (κ3) is 5.95. The van der Waals surface area contributed by atoms with Crippen molar-refractivity contribution in [3.05, 3.63) is 96.3 Å². The summed E-state index contributed by atoms with van der Waals surface area (Å²) in [5.74, 6) is -0.132. The number of amides is 1. The van der Waals surface area contributed by atoms with E-state index in [-0.39, 0.29) is 12.0 Å². The number of aryl methyl sites for hydroxylation is 2. The maximum atomic E-state index is 12.4. The van der Waals surface area contributed by atoms with Crippen LogP contribution in [-0.4, -0.2) is 34.8 Å². The molecule has 7 heteroatoms. The second-order valence-corrected chi connectivity index (χ2v) is 9.58. The number of aliphatic hydroxyl groups excluding tert-OH is 1. The van der Waals surface area contributed by atoms with E-state index in [0.717, 1.165) is 54.4 Å². The molecule has 1 aromatic heterocycles. The molecule has 1 fully saturated rings. The molecule has 1 aliphatic rings. The molecule has 0 spiro atoms. The summed E-state index contributed by atoms with van der Waals surface area (Å²) in [6.07, 6.45) is 3.34. The van der Waals surface area contributed by atoms with E-state index in [1.165, 1.54) is 11.3 Å². The molecule has 0 unspecified atom stereocenters. The number of hydrogen-bond donors (Lipinski definition) is 4. The van der Waals surface area contributed by atoms with Crippen LogP contribution in [0.5, 0.6) is 0 Å². The van der Waals surface area contributed by atoms with Gasteiger partial charge in [-0.1, -0.05) is 0 Å². The van der Waals surface area contributed by atoms with Crippen LogP contribution in [0.1, 0.15) is 28.9 Å². The number of piperidine rings is 1. The molecule has 0 atom stereocenters. The summed E-state index contributed by atoms with van der Waals surface area (Å²) < 4.78 is 1.79. The number of anilines is 6. The maximum Gasteiger partial charge on any atom is 0.272 e. The van der Waals surface area contributed by atoms with Gasteiger partial charge in [-0.25, -0.2) is 0 Å². The lowest BCUT2D eigenvalue weighted by Gasteiger charge is -2.32. The van der Waals surface area contributed by atoms with E-state index < -0.39 is 0 Å². The first kappa shape index (κ1) is 24.5. The van der Waals surface area contributed by atoms with E-state index in [1.54, 1.807) is 10.6 Å². The van der Waals surface area contributed by atoms with Crippen LogP contribution in [0.25, 0.3) is 0 Å². The summed E-state index contributed by atoms with van der Waals surface area (Å²) in [5, 5.41) is 19.6. The van der Waals surface area contributed by atoms with Gasteiger partial charge in [0.15, 0.2) is 0 Å². The molecule has 4 aromatic rings. The summed E-state index contributed by atoms with van der Waals surface area (Å²) in [5.41, 5.74) is 7.80. The average Bonchev–Trinajstić information content (AvgIpc) is 3.33. The van der Waals surface area contributed by atoms with Crippen molar-refractivity contribution in [2.45, 2.75) is 25.9 Å². The van der Waals surface area contributed by atoms with Crippen molar-refractivity contribution in [1.82, 2.24) is 4.57 Å². The fraction of sp³-hybridized carbons (Fsp3) is 0.233. The fourth-order valence-electron chi connectivity index (χ4n) is 4.69. The Balaban J connectivity index is 1.16. The van der Waals surface area contributed by atoms with E-state index >= 15 is 0 Å². The largest absolute Gasteiger partial charge is 0.393 e. The Morgan fingerprint density at radius 2 is 1.35 bits per heavy atom. The van der Waals surface area contributed by atoms with Gasteiger partial charge >= 0.3 is 0 Å². The Kier molecular flexibility index (Phi) is 7.14. The number of nitrogens with one attached hydrogen (secondary N) is 3. The summed E-state index contributed by atoms with van der Waals surface area (Å²) in [4.78, 5) is 14.7. The van der Waals surface area contributed by atoms with Gasteiger partial charge in [0.2, 0.25) is 0 Å². The standard InChI is InChI=1S/C30H33N5O2/c1-21-20-26(13-14-28(21)35-18-15-27(36)16-19-35)32-24-7-5-22(6-8-24)31-23-9-11-25(12-10-23)33-30(37)29-4-3-17-34(29)2/h3-14,17,20,27,31-32,36H,15-16,18-19H2,1-2H3,(H,33,37). The summed E-state index contributed by atoms with van der Waals surface area (Å²) in [6.45, 7) is 3.93. The first-order valence-corrected chi connectivity index (χ1v) is 12.7. The molecule has 1 amide bonds. The summed E-state index contributed by atoms with van der Waals surface area (Å²) >= 11 is 0. The molecular weight excluding hydrogens is 462 g/mol. The normalized spacial score (nSPS) is 13.9. The van der Waals surface area contributed by atoms with Gasteiger partial charge < -0.3 is 30.5 Å². The number of rotatable bonds is 7. The van der Waals surface area contributed by atoms with Crippen molar-refractivity contribution in [3.63, 3.8) is 0 Å². The van der Waals surface area contributed by atoms with Crippen molar-refractivity contribution in [2.75, 3.05) is 33.9 Å². The van der Waals surface area contributed by atoms with Gasteiger partial charge in [-0.15, -0.1) is 0 Å². The minimum atomic E-state index is -0.165. The highest BCUT2D eigenvalue weighted by Gasteiger charge is 2.18. The SMILES string of the molecule is Cc1cc(Nc2ccc(Nc3ccc(NC(=O)c4cccn4C)cc3)cc2)ccc1N1CCC(O)CC1. The molecule has 1 aliphatic heterocycles. The van der Waals surface area contributed by atoms with Gasteiger partial charge in [0, 0.05) is 60.5 Å². The van der Waals surface area contributed by atoms with Crippen LogP contribution in [0.2, 0.25) is 0 Å². The number of carbonyl (C=O) groups is 1. The van der Waals surface area contributed by atoms with Crippen LogP contribution in [-0.2, 0) is 7.05 Å². The van der Waals surface area contributed by atoms with E-state index in [1.807, 2.05) is 67.8 Å². The van der Waals surface area contributed by atoms with Crippen LogP contribution >= 0.6 is 0 Å². The Morgan fingerprint density at radius 1 is 0.811 bits per heavy atom. The number of carbonyl (C=O) groups excluding carboxylic acids is 1. The number of aromatic nitrogens is 1. The van der Waals surface area contributed by atoms with Crippen molar-refractivity contribution < 1.29 is 9.90 Å². The molecule has 4 N–H and O–H groups in total. The lowest BCUT2D eigenvalue weighted by atomic mass is 10.1. The van der Waals surface area contributed by atoms with Crippen LogP contribution in [0.3, 0.4) is 0 Å². The number of benzene rings is 3. The van der Waals surface area contributed by atoms with Gasteiger partial charge in [0.1, 0.15) is 5.69 Å². The molecule has 2 heterocycles. The topological polar surface area (TPSA) is 81.6 Å². The zero-order valence-electron chi connectivity index (χ0n) is 21.2. The van der Waals surface area contributed by atoms with Crippen LogP contribution in [0.4, 0.5) is 34.1 Å². The fourth-order valence-corrected chi connectivity index (χ4v) is 4.69. The average molecular weight is 496 g/mol. The Labute approximate surface area is 217 Å². The van der Waals surface area contributed by atoms with Gasteiger partial charge in [0.25, 0.3) is 5.91 Å².